The number of aromatic nitrogens is 2. The molecule has 0 saturated carbocycles. The second kappa shape index (κ2) is 5.66. The first-order valence-electron chi connectivity index (χ1n) is 6.23. The summed E-state index contributed by atoms with van der Waals surface area (Å²) in [6.07, 6.45) is -1.86. The molecule has 2 rings (SSSR count). The van der Waals surface area contributed by atoms with Crippen LogP contribution in [0.1, 0.15) is 22.9 Å². The summed E-state index contributed by atoms with van der Waals surface area (Å²) in [7, 11) is 3.64. The number of hydrogen-bond donors (Lipinski definition) is 1. The minimum atomic E-state index is -4.29. The van der Waals surface area contributed by atoms with Crippen molar-refractivity contribution in [3.63, 3.8) is 0 Å². The third kappa shape index (κ3) is 3.39. The number of alkyl halides is 3. The van der Waals surface area contributed by atoms with Gasteiger partial charge < -0.3 is 5.32 Å². The summed E-state index contributed by atoms with van der Waals surface area (Å²) in [6.45, 7) is 0. The van der Waals surface area contributed by atoms with E-state index in [1.165, 1.54) is 12.1 Å². The van der Waals surface area contributed by atoms with Gasteiger partial charge in [0.2, 0.25) is 0 Å². The fourth-order valence-electron chi connectivity index (χ4n) is 2.04. The molecular formula is C14H16F3N3. The second-order valence-electron chi connectivity index (χ2n) is 4.65. The fourth-order valence-corrected chi connectivity index (χ4v) is 2.04. The lowest BCUT2D eigenvalue weighted by Crippen LogP contribution is -2.19. The van der Waals surface area contributed by atoms with Crippen LogP contribution in [-0.4, -0.2) is 16.8 Å². The number of nitrogens with one attached hydrogen (secondary N) is 1. The Bertz CT molecular complexity index is 558. The maximum atomic E-state index is 12.5. The van der Waals surface area contributed by atoms with Crippen molar-refractivity contribution < 1.29 is 13.2 Å². The maximum Gasteiger partial charge on any atom is 0.416 e. The smallest absolute Gasteiger partial charge is 0.311 e. The van der Waals surface area contributed by atoms with E-state index < -0.39 is 11.7 Å². The Morgan fingerprint density at radius 1 is 1.20 bits per heavy atom. The van der Waals surface area contributed by atoms with Gasteiger partial charge in [-0.05, 0) is 37.2 Å². The van der Waals surface area contributed by atoms with Gasteiger partial charge in [-0.25, -0.2) is 0 Å². The van der Waals surface area contributed by atoms with Crippen LogP contribution in [0.3, 0.4) is 0 Å². The summed E-state index contributed by atoms with van der Waals surface area (Å²) < 4.78 is 39.2. The first kappa shape index (κ1) is 14.6. The highest BCUT2D eigenvalue weighted by atomic mass is 19.4. The third-order valence-corrected chi connectivity index (χ3v) is 3.16. The van der Waals surface area contributed by atoms with Crippen LogP contribution in [-0.2, 0) is 19.6 Å². The van der Waals surface area contributed by atoms with E-state index in [1.807, 2.05) is 26.4 Å². The van der Waals surface area contributed by atoms with Gasteiger partial charge in [0.15, 0.2) is 0 Å². The van der Waals surface area contributed by atoms with Crippen molar-refractivity contribution in [2.75, 3.05) is 7.05 Å². The number of hydrogen-bond acceptors (Lipinski definition) is 2. The van der Waals surface area contributed by atoms with E-state index in [0.29, 0.717) is 6.42 Å². The minimum Gasteiger partial charge on any atom is -0.311 e. The Balaban J connectivity index is 2.12. The highest BCUT2D eigenvalue weighted by Crippen LogP contribution is 2.29. The van der Waals surface area contributed by atoms with E-state index in [-0.39, 0.29) is 6.04 Å². The molecule has 0 aliphatic heterocycles. The third-order valence-electron chi connectivity index (χ3n) is 3.16. The Morgan fingerprint density at radius 3 is 2.30 bits per heavy atom. The molecule has 1 aromatic carbocycles. The highest BCUT2D eigenvalue weighted by Gasteiger charge is 2.30. The lowest BCUT2D eigenvalue weighted by Gasteiger charge is -2.14. The van der Waals surface area contributed by atoms with Gasteiger partial charge in [-0.3, -0.25) is 4.68 Å². The average Bonchev–Trinajstić information content (AvgIpc) is 2.82. The molecule has 2 aromatic rings. The monoisotopic (exact) mass is 283 g/mol. The van der Waals surface area contributed by atoms with Crippen LogP contribution in [0.15, 0.2) is 36.5 Å². The largest absolute Gasteiger partial charge is 0.416 e. The number of rotatable bonds is 4. The van der Waals surface area contributed by atoms with Crippen LogP contribution in [0.25, 0.3) is 0 Å². The minimum absolute atomic E-state index is 0.0204. The number of nitrogens with zero attached hydrogens (tertiary/aromatic N) is 2. The molecule has 1 unspecified atom stereocenters. The first-order valence-corrected chi connectivity index (χ1v) is 6.23. The number of likely N-dealkylation sites (N-methyl/N-ethyl adjacent to an activating group) is 1. The van der Waals surface area contributed by atoms with E-state index in [9.17, 15) is 13.2 Å². The van der Waals surface area contributed by atoms with Crippen molar-refractivity contribution in [3.8, 4) is 0 Å². The average molecular weight is 283 g/mol. The zero-order valence-electron chi connectivity index (χ0n) is 11.3. The summed E-state index contributed by atoms with van der Waals surface area (Å²) in [5.74, 6) is 0. The summed E-state index contributed by atoms with van der Waals surface area (Å²) in [5, 5.41) is 7.44. The summed E-state index contributed by atoms with van der Waals surface area (Å²) in [5.41, 5.74) is 1.08. The standard InChI is InChI=1S/C14H16F3N3/c1-18-13(12-7-8-20(2)19-12)9-10-3-5-11(6-4-10)14(15,16)17/h3-8,13,18H,9H2,1-2H3. The zero-order valence-corrected chi connectivity index (χ0v) is 11.3. The fraction of sp³-hybridized carbons (Fsp3) is 0.357. The molecule has 0 amide bonds. The summed E-state index contributed by atoms with van der Waals surface area (Å²) in [6, 6.07) is 7.12. The van der Waals surface area contributed by atoms with Crippen LogP contribution in [0.2, 0.25) is 0 Å². The van der Waals surface area contributed by atoms with E-state index in [2.05, 4.69) is 10.4 Å². The van der Waals surface area contributed by atoms with Crippen molar-refractivity contribution in [1.82, 2.24) is 15.1 Å². The molecule has 108 valence electrons. The van der Waals surface area contributed by atoms with Gasteiger partial charge in [-0.15, -0.1) is 0 Å². The molecule has 1 heterocycles. The Labute approximate surface area is 115 Å². The van der Waals surface area contributed by atoms with Gasteiger partial charge in [0.1, 0.15) is 0 Å². The number of aryl methyl sites for hydroxylation is 1. The van der Waals surface area contributed by atoms with Crippen molar-refractivity contribution in [2.45, 2.75) is 18.6 Å². The topological polar surface area (TPSA) is 29.9 Å². The molecule has 3 nitrogen and oxygen atoms in total. The van der Waals surface area contributed by atoms with Crippen LogP contribution >= 0.6 is 0 Å². The van der Waals surface area contributed by atoms with Gasteiger partial charge in [-0.2, -0.15) is 18.3 Å². The molecule has 0 saturated heterocycles. The van der Waals surface area contributed by atoms with E-state index in [0.717, 1.165) is 23.4 Å². The molecule has 1 atom stereocenters. The predicted molar refractivity (Wildman–Crippen MR) is 70.2 cm³/mol. The van der Waals surface area contributed by atoms with Crippen LogP contribution in [0.5, 0.6) is 0 Å². The Morgan fingerprint density at radius 2 is 1.85 bits per heavy atom. The number of benzene rings is 1. The lowest BCUT2D eigenvalue weighted by molar-refractivity contribution is -0.137. The molecule has 0 spiro atoms. The van der Waals surface area contributed by atoms with Gasteiger partial charge in [-0.1, -0.05) is 12.1 Å². The molecule has 20 heavy (non-hydrogen) atoms. The van der Waals surface area contributed by atoms with Gasteiger partial charge in [0, 0.05) is 13.2 Å². The predicted octanol–water partition coefficient (Wildman–Crippen LogP) is 2.94. The van der Waals surface area contributed by atoms with Crippen LogP contribution in [0.4, 0.5) is 13.2 Å². The SMILES string of the molecule is CNC(Cc1ccc(C(F)(F)F)cc1)c1ccn(C)n1. The molecule has 0 fully saturated rings. The van der Waals surface area contributed by atoms with Crippen LogP contribution in [0, 0.1) is 0 Å². The summed E-state index contributed by atoms with van der Waals surface area (Å²) in [4.78, 5) is 0. The molecule has 1 N–H and O–H groups in total. The normalized spacial score (nSPS) is 13.4. The lowest BCUT2D eigenvalue weighted by atomic mass is 10.0. The van der Waals surface area contributed by atoms with Crippen molar-refractivity contribution in [1.29, 1.82) is 0 Å². The van der Waals surface area contributed by atoms with E-state index >= 15 is 0 Å². The highest BCUT2D eigenvalue weighted by molar-refractivity contribution is 5.26. The zero-order chi connectivity index (χ0) is 14.8. The molecule has 6 heteroatoms. The van der Waals surface area contributed by atoms with Gasteiger partial charge in [0.05, 0.1) is 17.3 Å². The van der Waals surface area contributed by atoms with E-state index in [4.69, 9.17) is 0 Å². The number of halogens is 3. The van der Waals surface area contributed by atoms with Gasteiger partial charge in [0.25, 0.3) is 0 Å². The second-order valence-corrected chi connectivity index (χ2v) is 4.65. The maximum absolute atomic E-state index is 12.5. The molecule has 0 aliphatic rings. The Hall–Kier alpha value is -1.82. The Kier molecular flexibility index (Phi) is 4.13. The summed E-state index contributed by atoms with van der Waals surface area (Å²) >= 11 is 0. The van der Waals surface area contributed by atoms with Crippen molar-refractivity contribution in [3.05, 3.63) is 53.3 Å². The molecular weight excluding hydrogens is 267 g/mol. The first-order chi connectivity index (χ1) is 9.40. The van der Waals surface area contributed by atoms with E-state index in [1.54, 1.807) is 4.68 Å². The quantitative estimate of drug-likeness (QED) is 0.935. The van der Waals surface area contributed by atoms with Crippen molar-refractivity contribution >= 4 is 0 Å². The van der Waals surface area contributed by atoms with Crippen molar-refractivity contribution in [2.24, 2.45) is 7.05 Å². The molecule has 0 bridgehead atoms. The van der Waals surface area contributed by atoms with Gasteiger partial charge >= 0.3 is 6.18 Å². The molecule has 1 aromatic heterocycles. The molecule has 0 radical (unpaired) electrons. The molecule has 0 aliphatic carbocycles. The van der Waals surface area contributed by atoms with Crippen LogP contribution < -0.4 is 5.32 Å².